The van der Waals surface area contributed by atoms with E-state index >= 15 is 4.39 Å². The van der Waals surface area contributed by atoms with Gasteiger partial charge in [-0.2, -0.15) is 4.98 Å². The molecular weight excluding hydrogens is 552 g/mol. The molecule has 0 aromatic carbocycles. The maximum absolute atomic E-state index is 15.8. The molecule has 5 rings (SSSR count). The summed E-state index contributed by atoms with van der Waals surface area (Å²) in [5, 5.41) is -0.824. The molecule has 0 radical (unpaired) electrons. The van der Waals surface area contributed by atoms with Crippen LogP contribution in [0.4, 0.5) is 19.0 Å². The highest BCUT2D eigenvalue weighted by atomic mass is 35.5. The number of allylic oxidation sites excluding steroid dienone is 2. The average molecular weight is 579 g/mol. The predicted molar refractivity (Wildman–Crippen MR) is 147 cm³/mol. The van der Waals surface area contributed by atoms with Crippen LogP contribution in [0.2, 0.25) is 0 Å². The van der Waals surface area contributed by atoms with Gasteiger partial charge in [-0.15, -0.1) is 0 Å². The van der Waals surface area contributed by atoms with E-state index in [2.05, 4.69) is 15.0 Å². The largest absolute Gasteiger partial charge is 0.356 e. The maximum Gasteiger partial charge on any atom is 0.355 e. The Morgan fingerprint density at radius 3 is 2.49 bits per heavy atom. The number of nitrogens with zero attached hydrogens (tertiary/aromatic N) is 5. The van der Waals surface area contributed by atoms with Crippen LogP contribution in [0.5, 0.6) is 0 Å². The highest BCUT2D eigenvalue weighted by molar-refractivity contribution is 6.43. The molecule has 206 valence electrons. The van der Waals surface area contributed by atoms with Gasteiger partial charge in [0.25, 0.3) is 0 Å². The molecule has 0 amide bonds. The minimum absolute atomic E-state index is 0.0581. The number of hydrogen-bond acceptors (Lipinski definition) is 6. The molecule has 0 saturated carbocycles. The Balaban J connectivity index is 1.90. The Morgan fingerprint density at radius 2 is 1.82 bits per heavy atom. The number of aromatic nitrogens is 4. The van der Waals surface area contributed by atoms with Crippen molar-refractivity contribution >= 4 is 45.6 Å². The van der Waals surface area contributed by atoms with Crippen molar-refractivity contribution in [1.82, 2.24) is 19.5 Å². The zero-order valence-electron chi connectivity index (χ0n) is 21.6. The van der Waals surface area contributed by atoms with E-state index < -0.39 is 40.3 Å². The van der Waals surface area contributed by atoms with E-state index in [1.54, 1.807) is 12.3 Å². The first-order valence-electron chi connectivity index (χ1n) is 12.7. The van der Waals surface area contributed by atoms with E-state index in [1.807, 2.05) is 25.7 Å². The standard InChI is InChI=1S/C27H27Cl2F3N6O/c1-12(2)22-24(13(3)7-8-34-22)38-26-14(25(36-27(38)39)37-9-5-4-6-10-37)11-15(30)23(35-26)16-17(28)19(31)20(32)21(33)18(16)29/h7-8,11-12,20-21H,4-6,9-10,33H2,1-3H3. The zero-order chi connectivity index (χ0) is 28.2. The topological polar surface area (TPSA) is 89.9 Å². The first kappa shape index (κ1) is 27.6. The molecule has 3 aromatic heterocycles. The van der Waals surface area contributed by atoms with Gasteiger partial charge in [-0.25, -0.2) is 27.5 Å². The third-order valence-electron chi connectivity index (χ3n) is 7.14. The van der Waals surface area contributed by atoms with Crippen molar-refractivity contribution in [1.29, 1.82) is 0 Å². The molecule has 1 aliphatic carbocycles. The van der Waals surface area contributed by atoms with E-state index in [-0.39, 0.29) is 27.6 Å². The number of anilines is 1. The van der Waals surface area contributed by atoms with Crippen LogP contribution in [0.25, 0.3) is 22.3 Å². The van der Waals surface area contributed by atoms with Gasteiger partial charge in [0.2, 0.25) is 0 Å². The van der Waals surface area contributed by atoms with Crippen LogP contribution in [0.15, 0.2) is 39.0 Å². The normalized spacial score (nSPS) is 20.5. The predicted octanol–water partition coefficient (Wildman–Crippen LogP) is 5.79. The van der Waals surface area contributed by atoms with Crippen molar-refractivity contribution in [3.05, 3.63) is 67.5 Å². The van der Waals surface area contributed by atoms with Gasteiger partial charge in [-0.3, -0.25) is 4.98 Å². The van der Waals surface area contributed by atoms with Gasteiger partial charge in [0.05, 0.1) is 27.8 Å². The number of nitrogens with two attached hydrogens (primary N) is 1. The summed E-state index contributed by atoms with van der Waals surface area (Å²) in [6.45, 7) is 6.96. The molecule has 12 heteroatoms. The lowest BCUT2D eigenvalue weighted by Crippen LogP contribution is -2.36. The van der Waals surface area contributed by atoms with Crippen molar-refractivity contribution in [3.8, 4) is 5.69 Å². The third-order valence-corrected chi connectivity index (χ3v) is 7.95. The summed E-state index contributed by atoms with van der Waals surface area (Å²) in [6.07, 6.45) is 2.18. The zero-order valence-corrected chi connectivity index (χ0v) is 23.1. The van der Waals surface area contributed by atoms with Gasteiger partial charge in [0, 0.05) is 29.9 Å². The van der Waals surface area contributed by atoms with Crippen molar-refractivity contribution in [2.45, 2.75) is 58.2 Å². The minimum atomic E-state index is -2.28. The maximum atomic E-state index is 15.8. The number of halogens is 5. The van der Waals surface area contributed by atoms with E-state index in [0.29, 0.717) is 30.3 Å². The van der Waals surface area contributed by atoms with Crippen molar-refractivity contribution in [2.24, 2.45) is 5.73 Å². The number of rotatable bonds is 4. The van der Waals surface area contributed by atoms with Crippen molar-refractivity contribution in [3.63, 3.8) is 0 Å². The number of fused-ring (bicyclic) bond motifs is 1. The molecule has 2 atom stereocenters. The first-order valence-corrected chi connectivity index (χ1v) is 13.5. The Hall–Kier alpha value is -2.95. The van der Waals surface area contributed by atoms with Crippen LogP contribution in [-0.2, 0) is 0 Å². The second-order valence-corrected chi connectivity index (χ2v) is 10.9. The van der Waals surface area contributed by atoms with Crippen LogP contribution in [0, 0.1) is 12.7 Å². The molecule has 3 aromatic rings. The molecule has 2 aliphatic rings. The van der Waals surface area contributed by atoms with Crippen molar-refractivity contribution < 1.29 is 13.2 Å². The number of piperidine rings is 1. The van der Waals surface area contributed by atoms with E-state index in [9.17, 15) is 13.6 Å². The fraction of sp³-hybridized carbons (Fsp3) is 0.407. The Kier molecular flexibility index (Phi) is 7.47. The molecule has 7 nitrogen and oxygen atoms in total. The number of pyridine rings is 2. The summed E-state index contributed by atoms with van der Waals surface area (Å²) >= 11 is 12.4. The van der Waals surface area contributed by atoms with Crippen LogP contribution in [0.1, 0.15) is 56.0 Å². The summed E-state index contributed by atoms with van der Waals surface area (Å²) in [5.41, 5.74) is 6.18. The molecule has 0 spiro atoms. The molecular formula is C27H27Cl2F3N6O. The van der Waals surface area contributed by atoms with Gasteiger partial charge >= 0.3 is 5.69 Å². The monoisotopic (exact) mass is 578 g/mol. The lowest BCUT2D eigenvalue weighted by Gasteiger charge is -2.29. The highest BCUT2D eigenvalue weighted by Crippen LogP contribution is 2.43. The van der Waals surface area contributed by atoms with Gasteiger partial charge in [-0.05, 0) is 49.8 Å². The molecule has 1 fully saturated rings. The molecule has 39 heavy (non-hydrogen) atoms. The number of hydrogen-bond donors (Lipinski definition) is 1. The average Bonchev–Trinajstić information content (AvgIpc) is 2.92. The summed E-state index contributed by atoms with van der Waals surface area (Å²) in [5.74, 6) is -2.04. The first-order chi connectivity index (χ1) is 18.5. The highest BCUT2D eigenvalue weighted by Gasteiger charge is 2.37. The molecule has 2 N–H and O–H groups in total. The summed E-state index contributed by atoms with van der Waals surface area (Å²) in [6, 6.07) is 1.33. The Morgan fingerprint density at radius 1 is 1.13 bits per heavy atom. The van der Waals surface area contributed by atoms with Gasteiger partial charge in [0.1, 0.15) is 17.3 Å². The summed E-state index contributed by atoms with van der Waals surface area (Å²) in [4.78, 5) is 29.1. The van der Waals surface area contributed by atoms with Gasteiger partial charge in [-0.1, -0.05) is 37.0 Å². The van der Waals surface area contributed by atoms with Crippen LogP contribution in [-0.4, -0.2) is 44.8 Å². The molecule has 0 bridgehead atoms. The van der Waals surface area contributed by atoms with E-state index in [0.717, 1.165) is 24.8 Å². The lowest BCUT2D eigenvalue weighted by molar-refractivity contribution is 0.298. The fourth-order valence-corrected chi connectivity index (χ4v) is 5.77. The smallest absolute Gasteiger partial charge is 0.355 e. The summed E-state index contributed by atoms with van der Waals surface area (Å²) in [7, 11) is 0. The Labute approximate surface area is 233 Å². The fourth-order valence-electron chi connectivity index (χ4n) is 5.13. The Bertz CT molecular complexity index is 1600. The van der Waals surface area contributed by atoms with Crippen molar-refractivity contribution in [2.75, 3.05) is 18.0 Å². The molecule has 1 saturated heterocycles. The number of aryl methyl sites for hydroxylation is 1. The van der Waals surface area contributed by atoms with Gasteiger partial charge in [0.15, 0.2) is 17.6 Å². The van der Waals surface area contributed by atoms with E-state index in [4.69, 9.17) is 28.9 Å². The lowest BCUT2D eigenvalue weighted by atomic mass is 9.97. The molecule has 1 aliphatic heterocycles. The second-order valence-electron chi connectivity index (χ2n) is 10.1. The quantitative estimate of drug-likeness (QED) is 0.421. The van der Waals surface area contributed by atoms with Crippen LogP contribution >= 0.6 is 23.2 Å². The van der Waals surface area contributed by atoms with E-state index in [1.165, 1.54) is 10.6 Å². The SMILES string of the molecule is Cc1ccnc(C(C)C)c1-n1c(=O)nc(N2CCCCC2)c2cc(F)c(C3=C(Cl)C(N)C(F)C(F)=C3Cl)nc21. The molecule has 2 unspecified atom stereocenters. The second kappa shape index (κ2) is 10.6. The van der Waals surface area contributed by atoms with Crippen LogP contribution < -0.4 is 16.3 Å². The molecule has 4 heterocycles. The third kappa shape index (κ3) is 4.62. The minimum Gasteiger partial charge on any atom is -0.356 e. The van der Waals surface area contributed by atoms with Crippen LogP contribution in [0.3, 0.4) is 0 Å². The number of alkyl halides is 1. The van der Waals surface area contributed by atoms with Gasteiger partial charge < -0.3 is 10.6 Å². The summed E-state index contributed by atoms with van der Waals surface area (Å²) < 4.78 is 46.1.